The average molecular weight is 212 g/mol. The second-order valence-electron chi connectivity index (χ2n) is 4.08. The molecule has 0 atom stereocenters. The molecule has 1 heterocycles. The van der Waals surface area contributed by atoms with Gasteiger partial charge in [-0.3, -0.25) is 0 Å². The van der Waals surface area contributed by atoms with Gasteiger partial charge in [-0.25, -0.2) is 9.97 Å². The molecule has 14 heavy (non-hydrogen) atoms. The number of rotatable bonds is 2. The maximum Gasteiger partial charge on any atom is 0.224 e. The number of hydrogen-bond donors (Lipinski definition) is 1. The van der Waals surface area contributed by atoms with E-state index < -0.39 is 0 Å². The van der Waals surface area contributed by atoms with E-state index in [2.05, 4.69) is 22.2 Å². The van der Waals surface area contributed by atoms with Gasteiger partial charge >= 0.3 is 0 Å². The lowest BCUT2D eigenvalue weighted by atomic mass is 9.82. The van der Waals surface area contributed by atoms with Gasteiger partial charge in [0.05, 0.1) is 0 Å². The van der Waals surface area contributed by atoms with E-state index in [0.717, 1.165) is 17.4 Å². The molecule has 1 aromatic rings. The first-order chi connectivity index (χ1) is 6.63. The Morgan fingerprint density at radius 3 is 2.71 bits per heavy atom. The van der Waals surface area contributed by atoms with Gasteiger partial charge in [0.15, 0.2) is 0 Å². The van der Waals surface area contributed by atoms with Gasteiger partial charge < -0.3 is 5.32 Å². The Balaban J connectivity index is 2.02. The molecule has 76 valence electrons. The summed E-state index contributed by atoms with van der Waals surface area (Å²) < 4.78 is 0. The van der Waals surface area contributed by atoms with Crippen LogP contribution in [0.15, 0.2) is 6.07 Å². The number of hydrogen-bond acceptors (Lipinski definition) is 3. The molecule has 1 fully saturated rings. The average Bonchev–Trinajstić information content (AvgIpc) is 1.99. The molecular weight excluding hydrogens is 198 g/mol. The molecule has 0 spiro atoms. The lowest BCUT2D eigenvalue weighted by Gasteiger charge is -2.33. The Labute approximate surface area is 88.9 Å². The van der Waals surface area contributed by atoms with Crippen molar-refractivity contribution >= 4 is 17.4 Å². The van der Waals surface area contributed by atoms with Crippen LogP contribution in [0.2, 0.25) is 5.28 Å². The minimum atomic E-state index is 0.319. The van der Waals surface area contributed by atoms with E-state index in [9.17, 15) is 0 Å². The van der Waals surface area contributed by atoms with Crippen molar-refractivity contribution in [2.75, 3.05) is 5.32 Å². The summed E-state index contributed by atoms with van der Waals surface area (Å²) in [5, 5.41) is 3.67. The Hall–Kier alpha value is -0.830. The van der Waals surface area contributed by atoms with Crippen molar-refractivity contribution in [3.8, 4) is 0 Å². The fourth-order valence-corrected chi connectivity index (χ4v) is 2.06. The molecule has 1 N–H and O–H groups in total. The van der Waals surface area contributed by atoms with Crippen LogP contribution in [0.1, 0.15) is 25.5 Å². The molecular formula is C10H14ClN3. The number of nitrogens with one attached hydrogen (secondary N) is 1. The summed E-state index contributed by atoms with van der Waals surface area (Å²) in [5.41, 5.74) is 0.903. The maximum absolute atomic E-state index is 5.76. The van der Waals surface area contributed by atoms with Crippen molar-refractivity contribution in [3.63, 3.8) is 0 Å². The molecule has 4 heteroatoms. The van der Waals surface area contributed by atoms with Crippen LogP contribution >= 0.6 is 11.6 Å². The van der Waals surface area contributed by atoms with E-state index >= 15 is 0 Å². The van der Waals surface area contributed by atoms with E-state index in [1.165, 1.54) is 12.8 Å². The molecule has 0 aromatic carbocycles. The second-order valence-corrected chi connectivity index (χ2v) is 4.42. The van der Waals surface area contributed by atoms with E-state index in [-0.39, 0.29) is 0 Å². The van der Waals surface area contributed by atoms with Crippen molar-refractivity contribution in [2.45, 2.75) is 32.7 Å². The Bertz CT molecular complexity index is 314. The summed E-state index contributed by atoms with van der Waals surface area (Å²) in [6, 6.07) is 2.49. The standard InChI is InChI=1S/C10H14ClN3/c1-6-3-8(4-6)13-9-5-7(2)12-10(11)14-9/h5-6,8H,3-4H2,1-2H3,(H,12,13,14). The van der Waals surface area contributed by atoms with Gasteiger partial charge in [0.25, 0.3) is 0 Å². The predicted octanol–water partition coefficient (Wildman–Crippen LogP) is 2.65. The van der Waals surface area contributed by atoms with Gasteiger partial charge in [0, 0.05) is 17.8 Å². The second kappa shape index (κ2) is 3.73. The lowest BCUT2D eigenvalue weighted by Crippen LogP contribution is -2.34. The monoisotopic (exact) mass is 211 g/mol. The van der Waals surface area contributed by atoms with Gasteiger partial charge in [0.2, 0.25) is 5.28 Å². The van der Waals surface area contributed by atoms with Crippen LogP contribution in [0, 0.1) is 12.8 Å². The van der Waals surface area contributed by atoms with Crippen LogP contribution in [-0.4, -0.2) is 16.0 Å². The van der Waals surface area contributed by atoms with Crippen LogP contribution in [0.25, 0.3) is 0 Å². The van der Waals surface area contributed by atoms with E-state index in [4.69, 9.17) is 11.6 Å². The Kier molecular flexibility index (Phi) is 2.59. The summed E-state index contributed by atoms with van der Waals surface area (Å²) in [7, 11) is 0. The van der Waals surface area contributed by atoms with Gasteiger partial charge in [-0.1, -0.05) is 6.92 Å². The highest BCUT2D eigenvalue weighted by molar-refractivity contribution is 6.28. The topological polar surface area (TPSA) is 37.8 Å². The Morgan fingerprint density at radius 2 is 2.14 bits per heavy atom. The number of aryl methyl sites for hydroxylation is 1. The molecule has 2 rings (SSSR count). The summed E-state index contributed by atoms with van der Waals surface area (Å²) in [5.74, 6) is 1.69. The quantitative estimate of drug-likeness (QED) is 0.765. The number of halogens is 1. The number of nitrogens with zero attached hydrogens (tertiary/aromatic N) is 2. The molecule has 1 aliphatic carbocycles. The fraction of sp³-hybridized carbons (Fsp3) is 0.600. The molecule has 0 bridgehead atoms. The van der Waals surface area contributed by atoms with Gasteiger partial charge in [-0.15, -0.1) is 0 Å². The SMILES string of the molecule is Cc1cc(NC2CC(C)C2)nc(Cl)n1. The van der Waals surface area contributed by atoms with Crippen molar-refractivity contribution in [3.05, 3.63) is 17.0 Å². The fourth-order valence-electron chi connectivity index (χ4n) is 1.84. The van der Waals surface area contributed by atoms with E-state index in [1.54, 1.807) is 0 Å². The van der Waals surface area contributed by atoms with Crippen molar-refractivity contribution in [1.29, 1.82) is 0 Å². The van der Waals surface area contributed by atoms with Crippen LogP contribution in [0.3, 0.4) is 0 Å². The Morgan fingerprint density at radius 1 is 1.43 bits per heavy atom. The van der Waals surface area contributed by atoms with Crippen LogP contribution in [0.4, 0.5) is 5.82 Å². The maximum atomic E-state index is 5.76. The first-order valence-electron chi connectivity index (χ1n) is 4.91. The summed E-state index contributed by atoms with van der Waals surface area (Å²) in [4.78, 5) is 8.14. The predicted molar refractivity (Wildman–Crippen MR) is 57.6 cm³/mol. The number of aromatic nitrogens is 2. The van der Waals surface area contributed by atoms with Crippen LogP contribution in [-0.2, 0) is 0 Å². The third-order valence-electron chi connectivity index (χ3n) is 2.55. The smallest absolute Gasteiger partial charge is 0.224 e. The summed E-state index contributed by atoms with van der Waals surface area (Å²) in [6.07, 6.45) is 2.45. The van der Waals surface area contributed by atoms with E-state index in [0.29, 0.717) is 11.3 Å². The zero-order chi connectivity index (χ0) is 10.1. The van der Waals surface area contributed by atoms with Crippen LogP contribution < -0.4 is 5.32 Å². The third-order valence-corrected chi connectivity index (χ3v) is 2.72. The molecule has 3 nitrogen and oxygen atoms in total. The zero-order valence-corrected chi connectivity index (χ0v) is 9.17. The molecule has 1 saturated carbocycles. The molecule has 1 aliphatic rings. The molecule has 1 aromatic heterocycles. The minimum absolute atomic E-state index is 0.319. The molecule has 0 saturated heterocycles. The zero-order valence-electron chi connectivity index (χ0n) is 8.42. The normalized spacial score (nSPS) is 25.6. The highest BCUT2D eigenvalue weighted by Crippen LogP contribution is 2.29. The molecule has 0 unspecified atom stereocenters. The largest absolute Gasteiger partial charge is 0.367 e. The van der Waals surface area contributed by atoms with Gasteiger partial charge in [-0.2, -0.15) is 0 Å². The summed E-state index contributed by atoms with van der Waals surface area (Å²) >= 11 is 5.76. The molecule has 0 radical (unpaired) electrons. The number of anilines is 1. The highest BCUT2D eigenvalue weighted by atomic mass is 35.5. The highest BCUT2D eigenvalue weighted by Gasteiger charge is 2.25. The first-order valence-corrected chi connectivity index (χ1v) is 5.29. The minimum Gasteiger partial charge on any atom is -0.367 e. The van der Waals surface area contributed by atoms with Crippen molar-refractivity contribution in [2.24, 2.45) is 5.92 Å². The summed E-state index contributed by atoms with van der Waals surface area (Å²) in [6.45, 7) is 4.18. The molecule has 0 amide bonds. The lowest BCUT2D eigenvalue weighted by molar-refractivity contribution is 0.308. The first kappa shape index (κ1) is 9.71. The van der Waals surface area contributed by atoms with Crippen molar-refractivity contribution in [1.82, 2.24) is 9.97 Å². The van der Waals surface area contributed by atoms with E-state index in [1.807, 2.05) is 13.0 Å². The molecule has 0 aliphatic heterocycles. The van der Waals surface area contributed by atoms with Gasteiger partial charge in [0.1, 0.15) is 5.82 Å². The van der Waals surface area contributed by atoms with Crippen molar-refractivity contribution < 1.29 is 0 Å². The third kappa shape index (κ3) is 2.15. The van der Waals surface area contributed by atoms with Crippen LogP contribution in [0.5, 0.6) is 0 Å². The van der Waals surface area contributed by atoms with Gasteiger partial charge in [-0.05, 0) is 37.3 Å².